The van der Waals surface area contributed by atoms with Crippen LogP contribution in [0.15, 0.2) is 12.1 Å². The van der Waals surface area contributed by atoms with E-state index in [1.807, 2.05) is 0 Å². The van der Waals surface area contributed by atoms with E-state index < -0.39 is 23.6 Å². The monoisotopic (exact) mass is 393 g/mol. The van der Waals surface area contributed by atoms with Crippen LogP contribution >= 0.6 is 0 Å². The van der Waals surface area contributed by atoms with Crippen molar-refractivity contribution in [2.24, 2.45) is 5.92 Å². The molecule has 1 amide bonds. The van der Waals surface area contributed by atoms with Crippen molar-refractivity contribution in [3.05, 3.63) is 17.7 Å². The van der Waals surface area contributed by atoms with Crippen molar-refractivity contribution in [3.63, 3.8) is 0 Å². The van der Waals surface area contributed by atoms with Gasteiger partial charge in [-0.15, -0.1) is 0 Å². The normalized spacial score (nSPS) is 26.9. The predicted molar refractivity (Wildman–Crippen MR) is 100 cm³/mol. The number of methoxy groups -OCH3 is 3. The largest absolute Gasteiger partial charge is 0.493 e. The molecule has 154 valence electrons. The number of carbonyl (C=O) groups excluding carboxylic acids is 1. The summed E-state index contributed by atoms with van der Waals surface area (Å²) >= 11 is 0. The Balaban J connectivity index is 2.03. The lowest BCUT2D eigenvalue weighted by Crippen LogP contribution is -2.55. The zero-order valence-electron chi connectivity index (χ0n) is 16.7. The molecular formula is C20H27NO7. The lowest BCUT2D eigenvalue weighted by molar-refractivity contribution is -0.143. The fraction of sp³-hybridized carbons (Fsp3) is 0.600. The van der Waals surface area contributed by atoms with Crippen molar-refractivity contribution < 1.29 is 33.6 Å². The zero-order valence-corrected chi connectivity index (χ0v) is 16.7. The van der Waals surface area contributed by atoms with Crippen LogP contribution in [0.1, 0.15) is 43.0 Å². The maximum absolute atomic E-state index is 13.5. The first kappa shape index (κ1) is 20.3. The molecule has 0 radical (unpaired) electrons. The average molecular weight is 393 g/mol. The van der Waals surface area contributed by atoms with Crippen molar-refractivity contribution in [2.75, 3.05) is 27.9 Å². The molecule has 1 atom stereocenters. The van der Waals surface area contributed by atoms with E-state index in [-0.39, 0.29) is 12.2 Å². The molecule has 2 fully saturated rings. The Kier molecular flexibility index (Phi) is 5.69. The topological polar surface area (TPSA) is 94.5 Å². The van der Waals surface area contributed by atoms with Gasteiger partial charge >= 0.3 is 5.97 Å². The first-order valence-corrected chi connectivity index (χ1v) is 9.37. The van der Waals surface area contributed by atoms with Crippen LogP contribution in [0.2, 0.25) is 0 Å². The fourth-order valence-electron chi connectivity index (χ4n) is 4.11. The summed E-state index contributed by atoms with van der Waals surface area (Å²) in [5.74, 6) is 0.0773. The van der Waals surface area contributed by atoms with Gasteiger partial charge in [0.05, 0.1) is 27.9 Å². The fourth-order valence-corrected chi connectivity index (χ4v) is 4.11. The van der Waals surface area contributed by atoms with Crippen LogP contribution in [-0.4, -0.2) is 61.6 Å². The molecule has 1 aliphatic carbocycles. The van der Waals surface area contributed by atoms with Crippen LogP contribution < -0.4 is 14.2 Å². The highest BCUT2D eigenvalue weighted by atomic mass is 16.5. The molecule has 3 rings (SSSR count). The maximum atomic E-state index is 13.5. The number of amides is 1. The number of ether oxygens (including phenoxy) is 4. The second kappa shape index (κ2) is 7.87. The Morgan fingerprint density at radius 2 is 1.68 bits per heavy atom. The van der Waals surface area contributed by atoms with Crippen LogP contribution in [0.4, 0.5) is 0 Å². The van der Waals surface area contributed by atoms with Gasteiger partial charge in [-0.3, -0.25) is 9.69 Å². The summed E-state index contributed by atoms with van der Waals surface area (Å²) in [5.41, 5.74) is -0.614. The molecule has 0 unspecified atom stereocenters. The van der Waals surface area contributed by atoms with Gasteiger partial charge in [0.25, 0.3) is 5.91 Å². The van der Waals surface area contributed by atoms with Crippen LogP contribution in [0.25, 0.3) is 0 Å². The number of carboxylic acids is 1. The summed E-state index contributed by atoms with van der Waals surface area (Å²) in [5, 5.41) is 9.69. The van der Waals surface area contributed by atoms with E-state index in [0.717, 1.165) is 12.8 Å². The van der Waals surface area contributed by atoms with Gasteiger partial charge in [0.15, 0.2) is 17.5 Å². The molecule has 1 saturated heterocycles. The molecule has 1 aromatic carbocycles. The number of carbonyl (C=O) groups is 2. The number of rotatable bonds is 5. The quantitative estimate of drug-likeness (QED) is 0.821. The summed E-state index contributed by atoms with van der Waals surface area (Å²) in [7, 11) is 4.41. The van der Waals surface area contributed by atoms with E-state index in [1.54, 1.807) is 12.1 Å². The second-order valence-electron chi connectivity index (χ2n) is 7.38. The maximum Gasteiger partial charge on any atom is 0.328 e. The first-order chi connectivity index (χ1) is 13.4. The van der Waals surface area contributed by atoms with Crippen molar-refractivity contribution in [1.82, 2.24) is 4.90 Å². The van der Waals surface area contributed by atoms with Gasteiger partial charge in [-0.1, -0.05) is 6.92 Å². The number of nitrogens with zero attached hydrogens (tertiary/aromatic N) is 1. The first-order valence-electron chi connectivity index (χ1n) is 9.37. The van der Waals surface area contributed by atoms with Crippen molar-refractivity contribution >= 4 is 11.9 Å². The van der Waals surface area contributed by atoms with Crippen LogP contribution in [0, 0.1) is 5.92 Å². The van der Waals surface area contributed by atoms with E-state index in [9.17, 15) is 14.7 Å². The molecule has 1 saturated carbocycles. The number of benzene rings is 1. The lowest BCUT2D eigenvalue weighted by Gasteiger charge is -2.42. The summed E-state index contributed by atoms with van der Waals surface area (Å²) in [4.78, 5) is 26.7. The Bertz CT molecular complexity index is 730. The van der Waals surface area contributed by atoms with Gasteiger partial charge in [0, 0.05) is 5.56 Å². The Morgan fingerprint density at radius 1 is 1.11 bits per heavy atom. The van der Waals surface area contributed by atoms with E-state index >= 15 is 0 Å². The third-order valence-electron chi connectivity index (χ3n) is 5.73. The zero-order chi connectivity index (χ0) is 20.5. The van der Waals surface area contributed by atoms with Gasteiger partial charge in [0.1, 0.15) is 5.72 Å². The van der Waals surface area contributed by atoms with E-state index in [1.165, 1.54) is 26.2 Å². The van der Waals surface area contributed by atoms with E-state index in [2.05, 4.69) is 6.92 Å². The average Bonchev–Trinajstić information content (AvgIpc) is 3.07. The molecule has 1 aromatic rings. The summed E-state index contributed by atoms with van der Waals surface area (Å²) in [6.45, 7) is 2.14. The molecule has 8 heteroatoms. The molecule has 1 spiro atoms. The number of hydrogen-bond donors (Lipinski definition) is 1. The third kappa shape index (κ3) is 3.37. The van der Waals surface area contributed by atoms with Crippen molar-refractivity contribution in [2.45, 2.75) is 44.4 Å². The highest BCUT2D eigenvalue weighted by Gasteiger charge is 2.53. The third-order valence-corrected chi connectivity index (χ3v) is 5.73. The molecule has 28 heavy (non-hydrogen) atoms. The van der Waals surface area contributed by atoms with E-state index in [0.29, 0.717) is 36.0 Å². The highest BCUT2D eigenvalue weighted by Crippen LogP contribution is 2.44. The number of aliphatic carboxylic acids is 1. The van der Waals surface area contributed by atoms with Crippen molar-refractivity contribution in [1.29, 1.82) is 0 Å². The van der Waals surface area contributed by atoms with Gasteiger partial charge in [-0.05, 0) is 43.7 Å². The highest BCUT2D eigenvalue weighted by molar-refractivity contribution is 5.98. The Morgan fingerprint density at radius 3 is 2.14 bits per heavy atom. The minimum atomic E-state index is -1.07. The molecule has 1 aliphatic heterocycles. The lowest BCUT2D eigenvalue weighted by atomic mass is 9.83. The summed E-state index contributed by atoms with van der Waals surface area (Å²) in [6, 6.07) is 2.06. The minimum Gasteiger partial charge on any atom is -0.493 e. The van der Waals surface area contributed by atoms with Gasteiger partial charge < -0.3 is 24.1 Å². The molecule has 2 aliphatic rings. The summed E-state index contributed by atoms with van der Waals surface area (Å²) < 4.78 is 21.9. The number of hydrogen-bond acceptors (Lipinski definition) is 6. The predicted octanol–water partition coefficient (Wildman–Crippen LogP) is 2.54. The van der Waals surface area contributed by atoms with Gasteiger partial charge in [0.2, 0.25) is 5.75 Å². The smallest absolute Gasteiger partial charge is 0.328 e. The standard InChI is InChI=1S/C20H27NO7/c1-12-5-7-20(8-6-12)21(14(11-28-20)19(23)24)18(22)13-9-15(25-2)17(27-4)16(10-13)26-3/h9-10,12,14H,5-8,11H2,1-4H3,(H,23,24)/t12?,14-,20?/m1/s1. The number of carboxylic acid groups (broad SMARTS) is 1. The molecule has 0 bridgehead atoms. The van der Waals surface area contributed by atoms with Crippen molar-refractivity contribution in [3.8, 4) is 17.2 Å². The Labute approximate surface area is 164 Å². The Hall–Kier alpha value is -2.48. The minimum absolute atomic E-state index is 0.0140. The van der Waals surface area contributed by atoms with Crippen LogP contribution in [0.3, 0.4) is 0 Å². The molecule has 8 nitrogen and oxygen atoms in total. The second-order valence-corrected chi connectivity index (χ2v) is 7.38. The summed E-state index contributed by atoms with van der Waals surface area (Å²) in [6.07, 6.45) is 3.00. The molecule has 0 aromatic heterocycles. The van der Waals surface area contributed by atoms with Crippen LogP contribution in [0.5, 0.6) is 17.2 Å². The van der Waals surface area contributed by atoms with E-state index in [4.69, 9.17) is 18.9 Å². The van der Waals surface area contributed by atoms with Crippen LogP contribution in [-0.2, 0) is 9.53 Å². The molecular weight excluding hydrogens is 366 g/mol. The molecule has 1 N–H and O–H groups in total. The molecule has 1 heterocycles. The SMILES string of the molecule is COc1cc(C(=O)N2[C@@H](C(=O)O)COC23CCC(C)CC3)cc(OC)c1OC. The van der Waals surface area contributed by atoms with Gasteiger partial charge in [-0.25, -0.2) is 4.79 Å². The van der Waals surface area contributed by atoms with Gasteiger partial charge in [-0.2, -0.15) is 0 Å².